The molecule has 0 aromatic heterocycles. The quantitative estimate of drug-likeness (QED) is 0.689. The molecule has 1 N–H and O–H groups in total. The number of hydrogen-bond acceptors (Lipinski definition) is 2. The largest absolute Gasteiger partial charge is 0.306 e. The van der Waals surface area contributed by atoms with Gasteiger partial charge in [-0.1, -0.05) is 12.5 Å². The van der Waals surface area contributed by atoms with E-state index in [0.29, 0.717) is 12.1 Å². The molecule has 2 aliphatic rings. The third-order valence-corrected chi connectivity index (χ3v) is 3.69. The first-order chi connectivity index (χ1) is 6.81. The lowest BCUT2D eigenvalue weighted by Gasteiger charge is -2.33. The molecule has 0 radical (unpaired) electrons. The van der Waals surface area contributed by atoms with Gasteiger partial charge in [-0.3, -0.25) is 4.90 Å². The second-order valence-corrected chi connectivity index (χ2v) is 4.69. The molecule has 3 unspecified atom stereocenters. The first kappa shape index (κ1) is 10.2. The minimum Gasteiger partial charge on any atom is -0.306 e. The zero-order chi connectivity index (χ0) is 9.97. The van der Waals surface area contributed by atoms with E-state index < -0.39 is 0 Å². The van der Waals surface area contributed by atoms with Gasteiger partial charge >= 0.3 is 0 Å². The predicted octanol–water partition coefficient (Wildman–Crippen LogP) is 1.78. The third-order valence-electron chi connectivity index (χ3n) is 3.69. The number of piperidine rings is 1. The maximum atomic E-state index is 3.83. The highest BCUT2D eigenvalue weighted by Gasteiger charge is 2.35. The molecule has 2 aliphatic heterocycles. The molecule has 2 saturated heterocycles. The SMILES string of the molecule is C=CC(C)NC1CCN2CCCCC12. The van der Waals surface area contributed by atoms with Crippen LogP contribution in [0.3, 0.4) is 0 Å². The Morgan fingerprint density at radius 1 is 1.36 bits per heavy atom. The molecule has 0 amide bonds. The van der Waals surface area contributed by atoms with E-state index in [-0.39, 0.29) is 0 Å². The first-order valence-electron chi connectivity index (χ1n) is 5.94. The highest BCUT2D eigenvalue weighted by Crippen LogP contribution is 2.27. The molecule has 14 heavy (non-hydrogen) atoms. The molecule has 80 valence electrons. The summed E-state index contributed by atoms with van der Waals surface area (Å²) in [7, 11) is 0. The van der Waals surface area contributed by atoms with E-state index in [2.05, 4.69) is 23.7 Å². The molecule has 2 rings (SSSR count). The molecule has 2 heteroatoms. The van der Waals surface area contributed by atoms with Gasteiger partial charge in [-0.05, 0) is 32.7 Å². The van der Waals surface area contributed by atoms with E-state index in [1.54, 1.807) is 0 Å². The number of hydrogen-bond donors (Lipinski definition) is 1. The van der Waals surface area contributed by atoms with Crippen LogP contribution in [0.2, 0.25) is 0 Å². The minimum absolute atomic E-state index is 0.460. The van der Waals surface area contributed by atoms with Crippen LogP contribution in [0, 0.1) is 0 Å². The Kier molecular flexibility index (Phi) is 3.24. The van der Waals surface area contributed by atoms with Crippen LogP contribution in [0.4, 0.5) is 0 Å². The fourth-order valence-corrected chi connectivity index (χ4v) is 2.85. The van der Waals surface area contributed by atoms with Crippen LogP contribution in [-0.2, 0) is 0 Å². The van der Waals surface area contributed by atoms with Gasteiger partial charge in [-0.25, -0.2) is 0 Å². The zero-order valence-corrected chi connectivity index (χ0v) is 9.21. The Morgan fingerprint density at radius 3 is 3.00 bits per heavy atom. The second kappa shape index (κ2) is 4.45. The van der Waals surface area contributed by atoms with E-state index in [9.17, 15) is 0 Å². The van der Waals surface area contributed by atoms with Gasteiger partial charge < -0.3 is 5.32 Å². The van der Waals surface area contributed by atoms with E-state index >= 15 is 0 Å². The van der Waals surface area contributed by atoms with Crippen molar-refractivity contribution in [3.05, 3.63) is 12.7 Å². The minimum atomic E-state index is 0.460. The van der Waals surface area contributed by atoms with Crippen molar-refractivity contribution in [2.24, 2.45) is 0 Å². The highest BCUT2D eigenvalue weighted by molar-refractivity contribution is 4.97. The fourth-order valence-electron chi connectivity index (χ4n) is 2.85. The van der Waals surface area contributed by atoms with Gasteiger partial charge in [0.2, 0.25) is 0 Å². The lowest BCUT2D eigenvalue weighted by Crippen LogP contribution is -2.47. The maximum absolute atomic E-state index is 3.83. The summed E-state index contributed by atoms with van der Waals surface area (Å²) >= 11 is 0. The Bertz CT molecular complexity index is 202. The zero-order valence-electron chi connectivity index (χ0n) is 9.21. The van der Waals surface area contributed by atoms with Crippen LogP contribution in [0.5, 0.6) is 0 Å². The van der Waals surface area contributed by atoms with Crippen LogP contribution in [0.25, 0.3) is 0 Å². The van der Waals surface area contributed by atoms with E-state index in [1.165, 1.54) is 38.8 Å². The van der Waals surface area contributed by atoms with Gasteiger partial charge in [0.05, 0.1) is 0 Å². The summed E-state index contributed by atoms with van der Waals surface area (Å²) in [6.07, 6.45) is 7.54. The monoisotopic (exact) mass is 194 g/mol. The van der Waals surface area contributed by atoms with Gasteiger partial charge in [-0.15, -0.1) is 6.58 Å². The number of nitrogens with one attached hydrogen (secondary N) is 1. The summed E-state index contributed by atoms with van der Waals surface area (Å²) in [4.78, 5) is 2.66. The van der Waals surface area contributed by atoms with E-state index in [4.69, 9.17) is 0 Å². The summed E-state index contributed by atoms with van der Waals surface area (Å²) in [6, 6.07) is 1.98. The van der Waals surface area contributed by atoms with E-state index in [1.807, 2.05) is 6.08 Å². The van der Waals surface area contributed by atoms with Crippen LogP contribution in [-0.4, -0.2) is 36.1 Å². The van der Waals surface area contributed by atoms with Gasteiger partial charge in [0.25, 0.3) is 0 Å². The van der Waals surface area contributed by atoms with Gasteiger partial charge in [0.15, 0.2) is 0 Å². The molecule has 0 aliphatic carbocycles. The van der Waals surface area contributed by atoms with Crippen LogP contribution < -0.4 is 5.32 Å². The average molecular weight is 194 g/mol. The van der Waals surface area contributed by atoms with Crippen molar-refractivity contribution in [1.82, 2.24) is 10.2 Å². The van der Waals surface area contributed by atoms with Crippen molar-refractivity contribution in [3.63, 3.8) is 0 Å². The Labute approximate surface area is 87.4 Å². The Hall–Kier alpha value is -0.340. The summed E-state index contributed by atoms with van der Waals surface area (Å²) in [5.74, 6) is 0. The molecule has 2 heterocycles. The highest BCUT2D eigenvalue weighted by atomic mass is 15.2. The molecule has 2 fully saturated rings. The number of fused-ring (bicyclic) bond motifs is 1. The van der Waals surface area contributed by atoms with Crippen molar-refractivity contribution in [1.29, 1.82) is 0 Å². The maximum Gasteiger partial charge on any atom is 0.0250 e. The summed E-state index contributed by atoms with van der Waals surface area (Å²) in [6.45, 7) is 8.65. The lowest BCUT2D eigenvalue weighted by atomic mass is 9.98. The van der Waals surface area contributed by atoms with Crippen LogP contribution in [0.1, 0.15) is 32.6 Å². The van der Waals surface area contributed by atoms with Crippen molar-refractivity contribution in [2.75, 3.05) is 13.1 Å². The lowest BCUT2D eigenvalue weighted by molar-refractivity contribution is 0.179. The summed E-state index contributed by atoms with van der Waals surface area (Å²) in [5.41, 5.74) is 0. The Balaban J connectivity index is 1.90. The molecule has 2 nitrogen and oxygen atoms in total. The van der Waals surface area contributed by atoms with Crippen molar-refractivity contribution in [3.8, 4) is 0 Å². The van der Waals surface area contributed by atoms with Crippen LogP contribution in [0.15, 0.2) is 12.7 Å². The molecule has 0 saturated carbocycles. The first-order valence-corrected chi connectivity index (χ1v) is 5.94. The summed E-state index contributed by atoms with van der Waals surface area (Å²) < 4.78 is 0. The average Bonchev–Trinajstić information content (AvgIpc) is 2.62. The number of rotatable bonds is 3. The standard InChI is InChI=1S/C12H22N2/c1-3-10(2)13-11-7-9-14-8-5-4-6-12(11)14/h3,10-13H,1,4-9H2,2H3. The normalized spacial score (nSPS) is 35.2. The van der Waals surface area contributed by atoms with E-state index in [0.717, 1.165) is 6.04 Å². The second-order valence-electron chi connectivity index (χ2n) is 4.69. The molecular formula is C12H22N2. The Morgan fingerprint density at radius 2 is 2.21 bits per heavy atom. The van der Waals surface area contributed by atoms with Gasteiger partial charge in [0, 0.05) is 24.7 Å². The van der Waals surface area contributed by atoms with Crippen molar-refractivity contribution in [2.45, 2.75) is 50.7 Å². The predicted molar refractivity (Wildman–Crippen MR) is 60.4 cm³/mol. The molecule has 0 aromatic rings. The third kappa shape index (κ3) is 2.01. The number of nitrogens with zero attached hydrogens (tertiary/aromatic N) is 1. The van der Waals surface area contributed by atoms with Gasteiger partial charge in [-0.2, -0.15) is 0 Å². The van der Waals surface area contributed by atoms with Crippen LogP contribution >= 0.6 is 0 Å². The molecular weight excluding hydrogens is 172 g/mol. The topological polar surface area (TPSA) is 15.3 Å². The molecule has 0 bridgehead atoms. The van der Waals surface area contributed by atoms with Crippen molar-refractivity contribution >= 4 is 0 Å². The molecule has 0 aromatic carbocycles. The van der Waals surface area contributed by atoms with Gasteiger partial charge in [0.1, 0.15) is 0 Å². The molecule has 0 spiro atoms. The summed E-state index contributed by atoms with van der Waals surface area (Å²) in [5, 5.41) is 3.67. The fraction of sp³-hybridized carbons (Fsp3) is 0.833. The smallest absolute Gasteiger partial charge is 0.0250 e. The van der Waals surface area contributed by atoms with Crippen molar-refractivity contribution < 1.29 is 0 Å². The molecule has 3 atom stereocenters.